The van der Waals surface area contributed by atoms with E-state index in [1.54, 1.807) is 12.1 Å². The van der Waals surface area contributed by atoms with Gasteiger partial charge in [-0.05, 0) is 38.1 Å². The van der Waals surface area contributed by atoms with E-state index in [2.05, 4.69) is 15.6 Å². The number of non-ortho nitro benzene ring substituents is 1. The summed E-state index contributed by atoms with van der Waals surface area (Å²) >= 11 is 0. The Morgan fingerprint density at radius 3 is 2.45 bits per heavy atom. The summed E-state index contributed by atoms with van der Waals surface area (Å²) in [5.74, 6) is 1.62. The van der Waals surface area contributed by atoms with Gasteiger partial charge in [-0.1, -0.05) is 0 Å². The van der Waals surface area contributed by atoms with Gasteiger partial charge in [0.25, 0.3) is 5.69 Å². The molecule has 2 aromatic rings. The van der Waals surface area contributed by atoms with Crippen LogP contribution in [-0.4, -0.2) is 37.2 Å². The number of nitro benzene ring substituents is 1. The van der Waals surface area contributed by atoms with Gasteiger partial charge >= 0.3 is 0 Å². The number of nitro groups is 1. The van der Waals surface area contributed by atoms with E-state index in [-0.39, 0.29) is 35.6 Å². The summed E-state index contributed by atoms with van der Waals surface area (Å²) in [6.45, 7) is 5.85. The molecule has 0 saturated heterocycles. The van der Waals surface area contributed by atoms with Gasteiger partial charge in [0.1, 0.15) is 11.5 Å². The first-order valence-electron chi connectivity index (χ1n) is 8.98. The number of nitrogens with zero attached hydrogens (tertiary/aromatic N) is 2. The van der Waals surface area contributed by atoms with Crippen LogP contribution < -0.4 is 25.8 Å². The second-order valence-electron chi connectivity index (χ2n) is 5.65. The Bertz CT molecular complexity index is 815. The number of guanidine groups is 1. The number of anilines is 2. The Balaban J connectivity index is 0.00000420. The van der Waals surface area contributed by atoms with Crippen molar-refractivity contribution < 1.29 is 14.4 Å². The summed E-state index contributed by atoms with van der Waals surface area (Å²) in [4.78, 5) is 14.5. The van der Waals surface area contributed by atoms with Crippen molar-refractivity contribution in [2.75, 3.05) is 36.9 Å². The number of ether oxygens (including phenoxy) is 2. The third-order valence-electron chi connectivity index (χ3n) is 3.63. The lowest BCUT2D eigenvalue weighted by atomic mass is 10.2. The lowest BCUT2D eigenvalue weighted by molar-refractivity contribution is -0.384. The standard InChI is InChI=1S/C19H25N5O4.HI/c1-3-27-16-9-10-18(28-4-2)17(13-16)23-19(20)22-12-11-21-14-5-7-15(8-6-14)24(25)26;/h5-10,13,21H,3-4,11-12H2,1-2H3,(H3,20,22,23);1H. The number of hydrogen-bond acceptors (Lipinski definition) is 6. The maximum Gasteiger partial charge on any atom is 0.269 e. The first-order chi connectivity index (χ1) is 13.5. The van der Waals surface area contributed by atoms with E-state index < -0.39 is 4.92 Å². The Morgan fingerprint density at radius 2 is 1.83 bits per heavy atom. The molecule has 158 valence electrons. The van der Waals surface area contributed by atoms with Crippen LogP contribution in [0.3, 0.4) is 0 Å². The molecule has 0 saturated carbocycles. The molecule has 0 fully saturated rings. The van der Waals surface area contributed by atoms with E-state index in [1.807, 2.05) is 32.0 Å². The largest absolute Gasteiger partial charge is 0.494 e. The summed E-state index contributed by atoms with van der Waals surface area (Å²) in [6.07, 6.45) is 0. The highest BCUT2D eigenvalue weighted by molar-refractivity contribution is 14.0. The molecule has 29 heavy (non-hydrogen) atoms. The molecular weight excluding hydrogens is 489 g/mol. The topological polar surface area (TPSA) is 124 Å². The van der Waals surface area contributed by atoms with Crippen LogP contribution in [0.25, 0.3) is 0 Å². The number of nitrogens with one attached hydrogen (secondary N) is 2. The fraction of sp³-hybridized carbons (Fsp3) is 0.316. The van der Waals surface area contributed by atoms with Crippen molar-refractivity contribution in [3.8, 4) is 11.5 Å². The molecule has 2 aromatic carbocycles. The van der Waals surface area contributed by atoms with Crippen LogP contribution in [0, 0.1) is 10.1 Å². The zero-order valence-corrected chi connectivity index (χ0v) is 18.7. The Kier molecular flexibility index (Phi) is 10.6. The molecule has 0 atom stereocenters. The third kappa shape index (κ3) is 8.02. The van der Waals surface area contributed by atoms with Crippen molar-refractivity contribution in [3.63, 3.8) is 0 Å². The van der Waals surface area contributed by atoms with Crippen LogP contribution >= 0.6 is 24.0 Å². The average Bonchev–Trinajstić information content (AvgIpc) is 2.68. The van der Waals surface area contributed by atoms with Crippen LogP contribution in [0.15, 0.2) is 47.5 Å². The predicted molar refractivity (Wildman–Crippen MR) is 126 cm³/mol. The monoisotopic (exact) mass is 515 g/mol. The predicted octanol–water partition coefficient (Wildman–Crippen LogP) is 3.85. The SMILES string of the molecule is CCOc1ccc(OCC)c(NC(N)=NCCNc2ccc([N+](=O)[O-])cc2)c1.I. The number of hydrogen-bond donors (Lipinski definition) is 3. The van der Waals surface area contributed by atoms with Gasteiger partial charge < -0.3 is 25.8 Å². The molecule has 4 N–H and O–H groups in total. The Hall–Kier alpha value is -2.76. The summed E-state index contributed by atoms with van der Waals surface area (Å²) in [6, 6.07) is 11.7. The average molecular weight is 515 g/mol. The fourth-order valence-corrected chi connectivity index (χ4v) is 2.40. The van der Waals surface area contributed by atoms with E-state index in [9.17, 15) is 10.1 Å². The van der Waals surface area contributed by atoms with Crippen LogP contribution in [0.4, 0.5) is 17.1 Å². The number of halogens is 1. The molecular formula is C19H26IN5O4. The molecule has 0 heterocycles. The van der Waals surface area contributed by atoms with Gasteiger partial charge in [-0.25, -0.2) is 0 Å². The van der Waals surface area contributed by atoms with Crippen molar-refractivity contribution in [3.05, 3.63) is 52.6 Å². The summed E-state index contributed by atoms with van der Waals surface area (Å²) in [5.41, 5.74) is 7.47. The number of rotatable bonds is 10. The van der Waals surface area contributed by atoms with Crippen molar-refractivity contribution in [2.24, 2.45) is 10.7 Å². The summed E-state index contributed by atoms with van der Waals surface area (Å²) < 4.78 is 11.1. The zero-order chi connectivity index (χ0) is 20.4. The van der Waals surface area contributed by atoms with Crippen molar-refractivity contribution in [1.29, 1.82) is 0 Å². The van der Waals surface area contributed by atoms with Gasteiger partial charge in [0.15, 0.2) is 5.96 Å². The van der Waals surface area contributed by atoms with Gasteiger partial charge in [0.2, 0.25) is 0 Å². The zero-order valence-electron chi connectivity index (χ0n) is 16.4. The molecule has 0 bridgehead atoms. The van der Waals surface area contributed by atoms with Crippen LogP contribution in [0.2, 0.25) is 0 Å². The molecule has 2 rings (SSSR count). The third-order valence-corrected chi connectivity index (χ3v) is 3.63. The van der Waals surface area contributed by atoms with Gasteiger partial charge in [-0.15, -0.1) is 24.0 Å². The molecule has 10 heteroatoms. The summed E-state index contributed by atoms with van der Waals surface area (Å²) in [7, 11) is 0. The first kappa shape index (κ1) is 24.3. The maximum atomic E-state index is 10.6. The molecule has 0 aliphatic rings. The minimum absolute atomic E-state index is 0. The van der Waals surface area contributed by atoms with Crippen LogP contribution in [-0.2, 0) is 0 Å². The molecule has 0 unspecified atom stereocenters. The van der Waals surface area contributed by atoms with E-state index in [0.717, 1.165) is 5.69 Å². The van der Waals surface area contributed by atoms with Gasteiger partial charge in [-0.3, -0.25) is 15.1 Å². The minimum atomic E-state index is -0.433. The second kappa shape index (κ2) is 12.6. The highest BCUT2D eigenvalue weighted by atomic mass is 127. The highest BCUT2D eigenvalue weighted by Crippen LogP contribution is 2.29. The van der Waals surface area contributed by atoms with Gasteiger partial charge in [-0.2, -0.15) is 0 Å². The number of aliphatic imine (C=N–C) groups is 1. The lowest BCUT2D eigenvalue weighted by Gasteiger charge is -2.14. The maximum absolute atomic E-state index is 10.6. The number of nitrogens with two attached hydrogens (primary N) is 1. The molecule has 9 nitrogen and oxygen atoms in total. The number of benzene rings is 2. The highest BCUT2D eigenvalue weighted by Gasteiger charge is 2.07. The van der Waals surface area contributed by atoms with E-state index >= 15 is 0 Å². The fourth-order valence-electron chi connectivity index (χ4n) is 2.40. The molecule has 0 spiro atoms. The smallest absolute Gasteiger partial charge is 0.269 e. The van der Waals surface area contributed by atoms with Crippen molar-refractivity contribution >= 4 is 47.0 Å². The van der Waals surface area contributed by atoms with E-state index in [1.165, 1.54) is 12.1 Å². The Morgan fingerprint density at radius 1 is 1.14 bits per heavy atom. The lowest BCUT2D eigenvalue weighted by Crippen LogP contribution is -2.24. The van der Waals surface area contributed by atoms with Crippen LogP contribution in [0.1, 0.15) is 13.8 Å². The van der Waals surface area contributed by atoms with Gasteiger partial charge in [0.05, 0.1) is 30.4 Å². The van der Waals surface area contributed by atoms with Crippen LogP contribution in [0.5, 0.6) is 11.5 Å². The second-order valence-corrected chi connectivity index (χ2v) is 5.65. The van der Waals surface area contributed by atoms with Gasteiger partial charge in [0, 0.05) is 30.4 Å². The Labute approximate surface area is 186 Å². The van der Waals surface area contributed by atoms with E-state index in [4.69, 9.17) is 15.2 Å². The molecule has 0 amide bonds. The summed E-state index contributed by atoms with van der Waals surface area (Å²) in [5, 5.41) is 16.8. The minimum Gasteiger partial charge on any atom is -0.494 e. The van der Waals surface area contributed by atoms with Crippen molar-refractivity contribution in [2.45, 2.75) is 13.8 Å². The quantitative estimate of drug-likeness (QED) is 0.110. The normalized spacial score (nSPS) is 10.6. The first-order valence-corrected chi connectivity index (χ1v) is 8.98. The molecule has 0 aliphatic carbocycles. The van der Waals surface area contributed by atoms with Crippen molar-refractivity contribution in [1.82, 2.24) is 0 Å². The molecule has 0 aromatic heterocycles. The van der Waals surface area contributed by atoms with E-state index in [0.29, 0.717) is 43.5 Å². The molecule has 0 aliphatic heterocycles. The molecule has 0 radical (unpaired) electrons.